The zero-order valence-corrected chi connectivity index (χ0v) is 17.5. The van der Waals surface area contributed by atoms with Gasteiger partial charge in [0.2, 0.25) is 5.89 Å². The van der Waals surface area contributed by atoms with Crippen molar-refractivity contribution in [1.29, 1.82) is 0 Å². The molecule has 1 aliphatic heterocycles. The van der Waals surface area contributed by atoms with E-state index in [4.69, 9.17) is 4.42 Å². The summed E-state index contributed by atoms with van der Waals surface area (Å²) in [5.74, 6) is -1.72. The molecule has 1 aliphatic rings. The number of benzene rings is 1. The summed E-state index contributed by atoms with van der Waals surface area (Å²) in [5, 5.41) is 8.26. The van der Waals surface area contributed by atoms with Crippen molar-refractivity contribution in [3.05, 3.63) is 65.6 Å². The van der Waals surface area contributed by atoms with Crippen molar-refractivity contribution < 1.29 is 18.0 Å². The number of oxazole rings is 1. The molecule has 32 heavy (non-hydrogen) atoms. The van der Waals surface area contributed by atoms with Crippen LogP contribution in [0.15, 0.2) is 41.1 Å². The molecular weight excluding hydrogens is 418 g/mol. The number of aryl methyl sites for hydroxylation is 1. The lowest BCUT2D eigenvalue weighted by molar-refractivity contribution is 0.0591. The minimum Gasteiger partial charge on any atom is -0.437 e. The Balaban J connectivity index is 1.48. The molecule has 164 valence electrons. The monoisotopic (exact) mass is 438 g/mol. The molecule has 1 amide bonds. The number of carbonyl (C=O) groups is 1. The van der Waals surface area contributed by atoms with Crippen LogP contribution in [0.4, 0.5) is 8.78 Å². The fourth-order valence-electron chi connectivity index (χ4n) is 4.09. The van der Waals surface area contributed by atoms with Crippen LogP contribution in [0.1, 0.15) is 47.8 Å². The van der Waals surface area contributed by atoms with Crippen molar-refractivity contribution in [1.82, 2.24) is 29.9 Å². The zero-order chi connectivity index (χ0) is 22.4. The molecule has 0 spiro atoms. The van der Waals surface area contributed by atoms with Crippen molar-refractivity contribution in [3.8, 4) is 5.69 Å². The Morgan fingerprint density at radius 3 is 2.69 bits per heavy atom. The van der Waals surface area contributed by atoms with E-state index in [1.807, 2.05) is 13.8 Å². The largest absolute Gasteiger partial charge is 0.437 e. The fourth-order valence-corrected chi connectivity index (χ4v) is 4.09. The molecule has 4 heterocycles. The second-order valence-electron chi connectivity index (χ2n) is 8.01. The van der Waals surface area contributed by atoms with E-state index in [1.54, 1.807) is 17.0 Å². The third-order valence-corrected chi connectivity index (χ3v) is 5.77. The Morgan fingerprint density at radius 2 is 1.91 bits per heavy atom. The lowest BCUT2D eigenvalue weighted by Gasteiger charge is -2.37. The number of hydrogen-bond acceptors (Lipinski definition) is 6. The second kappa shape index (κ2) is 7.77. The molecule has 2 atom stereocenters. The number of fused-ring (bicyclic) bond motifs is 1. The minimum absolute atomic E-state index is 0.0435. The number of hydrogen-bond donors (Lipinski definition) is 0. The summed E-state index contributed by atoms with van der Waals surface area (Å²) < 4.78 is 33.3. The normalized spacial score (nSPS) is 18.9. The molecule has 10 heteroatoms. The van der Waals surface area contributed by atoms with Gasteiger partial charge in [0.25, 0.3) is 5.91 Å². The molecule has 1 aromatic carbocycles. The third-order valence-electron chi connectivity index (χ3n) is 5.77. The van der Waals surface area contributed by atoms with E-state index in [-0.39, 0.29) is 34.7 Å². The highest BCUT2D eigenvalue weighted by molar-refractivity contribution is 5.96. The van der Waals surface area contributed by atoms with E-state index in [2.05, 4.69) is 20.2 Å². The number of rotatable bonds is 3. The number of nitrogens with zero attached hydrogens (tertiary/aromatic N) is 6. The molecule has 0 N–H and O–H groups in total. The summed E-state index contributed by atoms with van der Waals surface area (Å²) in [6.45, 7) is 4.10. The molecule has 1 saturated heterocycles. The van der Waals surface area contributed by atoms with Gasteiger partial charge in [0.15, 0.2) is 17.1 Å². The van der Waals surface area contributed by atoms with Crippen LogP contribution in [-0.2, 0) is 0 Å². The molecule has 0 saturated carbocycles. The van der Waals surface area contributed by atoms with Gasteiger partial charge in [0.1, 0.15) is 17.0 Å². The maximum Gasteiger partial charge on any atom is 0.275 e. The lowest BCUT2D eigenvalue weighted by atomic mass is 9.93. The maximum atomic E-state index is 14.1. The van der Waals surface area contributed by atoms with Crippen LogP contribution in [-0.4, -0.2) is 48.4 Å². The minimum atomic E-state index is -0.795. The molecule has 8 nitrogen and oxygen atoms in total. The molecule has 5 rings (SSSR count). The van der Waals surface area contributed by atoms with Crippen LogP contribution in [0, 0.1) is 18.6 Å². The van der Waals surface area contributed by atoms with Gasteiger partial charge < -0.3 is 9.32 Å². The molecule has 0 unspecified atom stereocenters. The van der Waals surface area contributed by atoms with Gasteiger partial charge in [-0.25, -0.2) is 18.7 Å². The molecule has 4 aromatic rings. The molecule has 1 fully saturated rings. The number of halogens is 2. The van der Waals surface area contributed by atoms with E-state index < -0.39 is 11.6 Å². The Labute approximate surface area is 181 Å². The van der Waals surface area contributed by atoms with Gasteiger partial charge in [0.05, 0.1) is 18.3 Å². The quantitative estimate of drug-likeness (QED) is 0.483. The highest BCUT2D eigenvalue weighted by atomic mass is 19.1. The highest BCUT2D eigenvalue weighted by Crippen LogP contribution is 2.33. The first-order valence-electron chi connectivity index (χ1n) is 10.3. The van der Waals surface area contributed by atoms with Gasteiger partial charge in [-0.2, -0.15) is 10.2 Å². The van der Waals surface area contributed by atoms with Crippen molar-refractivity contribution in [2.24, 2.45) is 0 Å². The Bertz CT molecular complexity index is 1300. The van der Waals surface area contributed by atoms with Gasteiger partial charge in [-0.1, -0.05) is 0 Å². The summed E-state index contributed by atoms with van der Waals surface area (Å²) >= 11 is 0. The summed E-state index contributed by atoms with van der Waals surface area (Å²) in [6, 6.07) is 5.42. The zero-order valence-electron chi connectivity index (χ0n) is 17.5. The predicted molar refractivity (Wildman–Crippen MR) is 110 cm³/mol. The van der Waals surface area contributed by atoms with Gasteiger partial charge >= 0.3 is 0 Å². The summed E-state index contributed by atoms with van der Waals surface area (Å²) in [7, 11) is 0. The Kier molecular flexibility index (Phi) is 4.91. The Hall–Kier alpha value is -3.69. The Morgan fingerprint density at radius 1 is 1.12 bits per heavy atom. The number of aromatic nitrogens is 5. The van der Waals surface area contributed by atoms with Crippen LogP contribution in [0.2, 0.25) is 0 Å². The van der Waals surface area contributed by atoms with Gasteiger partial charge in [0, 0.05) is 30.4 Å². The average Bonchev–Trinajstić information content (AvgIpc) is 3.44. The standard InChI is InChI=1S/C22H20F2N6O2/c1-12-3-6-18(30-25-7-8-26-30)19(27-12)22(31)29-11-14(5-4-13(29)2)21-28-17-10-15(23)9-16(24)20(17)32-21/h3,6-10,13-14H,4-5,11H2,1-2H3/t13-,14-/m1/s1. The van der Waals surface area contributed by atoms with E-state index >= 15 is 0 Å². The average molecular weight is 438 g/mol. The third kappa shape index (κ3) is 3.51. The lowest BCUT2D eigenvalue weighted by Crippen LogP contribution is -2.45. The van der Waals surface area contributed by atoms with Crippen LogP contribution >= 0.6 is 0 Å². The maximum absolute atomic E-state index is 14.1. The molecule has 0 radical (unpaired) electrons. The smallest absolute Gasteiger partial charge is 0.275 e. The number of carbonyl (C=O) groups excluding carboxylic acids is 1. The number of amides is 1. The van der Waals surface area contributed by atoms with Crippen molar-refractivity contribution in [2.75, 3.05) is 6.54 Å². The van der Waals surface area contributed by atoms with Crippen molar-refractivity contribution >= 4 is 17.0 Å². The van der Waals surface area contributed by atoms with Crippen molar-refractivity contribution in [2.45, 2.75) is 38.6 Å². The summed E-state index contributed by atoms with van der Waals surface area (Å²) in [5.41, 5.74) is 1.48. The fraction of sp³-hybridized carbons (Fsp3) is 0.318. The van der Waals surface area contributed by atoms with Crippen molar-refractivity contribution in [3.63, 3.8) is 0 Å². The number of pyridine rings is 1. The molecule has 0 aliphatic carbocycles. The molecule has 0 bridgehead atoms. The molecule has 3 aromatic heterocycles. The van der Waals surface area contributed by atoms with Crippen LogP contribution in [0.5, 0.6) is 0 Å². The van der Waals surface area contributed by atoms with Crippen LogP contribution in [0.25, 0.3) is 16.8 Å². The van der Waals surface area contributed by atoms with Crippen LogP contribution < -0.4 is 0 Å². The number of likely N-dealkylation sites (tertiary alicyclic amines) is 1. The van der Waals surface area contributed by atoms with Gasteiger partial charge in [-0.15, -0.1) is 4.80 Å². The summed E-state index contributed by atoms with van der Waals surface area (Å²) in [6.07, 6.45) is 4.47. The first-order chi connectivity index (χ1) is 15.4. The summed E-state index contributed by atoms with van der Waals surface area (Å²) in [4.78, 5) is 25.4. The highest BCUT2D eigenvalue weighted by Gasteiger charge is 2.35. The van der Waals surface area contributed by atoms with Crippen LogP contribution in [0.3, 0.4) is 0 Å². The van der Waals surface area contributed by atoms with E-state index in [1.165, 1.54) is 17.2 Å². The SMILES string of the molecule is Cc1ccc(-n2nccn2)c(C(=O)N2C[C@H](c3nc4cc(F)cc(F)c4o3)CC[C@H]2C)n1. The second-order valence-corrected chi connectivity index (χ2v) is 8.01. The van der Waals surface area contributed by atoms with E-state index in [9.17, 15) is 13.6 Å². The molecular formula is C22H20F2N6O2. The first kappa shape index (κ1) is 20.2. The topological polar surface area (TPSA) is 89.9 Å². The van der Waals surface area contributed by atoms with Gasteiger partial charge in [-0.05, 0) is 38.8 Å². The number of piperidine rings is 1. The van der Waals surface area contributed by atoms with E-state index in [0.717, 1.165) is 12.1 Å². The van der Waals surface area contributed by atoms with E-state index in [0.29, 0.717) is 36.7 Å². The van der Waals surface area contributed by atoms with Gasteiger partial charge in [-0.3, -0.25) is 4.79 Å². The predicted octanol–water partition coefficient (Wildman–Crippen LogP) is 3.80. The first-order valence-corrected chi connectivity index (χ1v) is 10.3.